The quantitative estimate of drug-likeness (QED) is 0.297. The van der Waals surface area contributed by atoms with Crippen LogP contribution < -0.4 is 14.2 Å². The number of imidazole rings is 1. The fraction of sp³-hybridized carbons (Fsp3) is 0.645. The van der Waals surface area contributed by atoms with Gasteiger partial charge < -0.3 is 33.7 Å². The molecular weight excluding hydrogens is 538 g/mol. The van der Waals surface area contributed by atoms with Crippen molar-refractivity contribution in [1.82, 2.24) is 24.3 Å². The largest absolute Gasteiger partial charge is 0.493 e. The molecule has 1 N–H and O–H groups in total. The van der Waals surface area contributed by atoms with Gasteiger partial charge in [-0.15, -0.1) is 0 Å². The van der Waals surface area contributed by atoms with Crippen molar-refractivity contribution in [3.05, 3.63) is 35.9 Å². The molecule has 1 saturated heterocycles. The molecule has 1 aromatic carbocycles. The summed E-state index contributed by atoms with van der Waals surface area (Å²) in [6, 6.07) is 3.38. The molecule has 4 rings (SSSR count). The Balaban J connectivity index is 1.59. The highest BCUT2D eigenvalue weighted by Crippen LogP contribution is 2.47. The van der Waals surface area contributed by atoms with Gasteiger partial charge in [0.05, 0.1) is 19.6 Å². The summed E-state index contributed by atoms with van der Waals surface area (Å²) in [6.45, 7) is 5.27. The van der Waals surface area contributed by atoms with Gasteiger partial charge in [-0.3, -0.25) is 14.5 Å². The maximum atomic E-state index is 13.8. The van der Waals surface area contributed by atoms with Crippen molar-refractivity contribution < 1.29 is 28.9 Å². The number of carboxylic acid groups (broad SMARTS) is 1. The Kier molecular flexibility index (Phi) is 11.1. The van der Waals surface area contributed by atoms with Gasteiger partial charge in [0, 0.05) is 57.5 Å². The summed E-state index contributed by atoms with van der Waals surface area (Å²) in [5, 5.41) is 10.6. The average molecular weight is 586 g/mol. The first-order valence-electron chi connectivity index (χ1n) is 15.1. The zero-order valence-electron chi connectivity index (χ0n) is 25.8. The van der Waals surface area contributed by atoms with Crippen LogP contribution in [0.25, 0.3) is 0 Å². The smallest absolute Gasteiger partial charge is 0.308 e. The van der Waals surface area contributed by atoms with Crippen LogP contribution in [0.3, 0.4) is 0 Å². The Hall–Kier alpha value is -3.31. The number of carbonyl (C=O) groups is 2. The van der Waals surface area contributed by atoms with Gasteiger partial charge in [0.2, 0.25) is 18.4 Å². The Morgan fingerprint density at radius 1 is 1.14 bits per heavy atom. The molecule has 0 spiro atoms. The monoisotopic (exact) mass is 585 g/mol. The van der Waals surface area contributed by atoms with E-state index in [4.69, 9.17) is 14.2 Å². The molecule has 0 aliphatic carbocycles. The van der Waals surface area contributed by atoms with Crippen LogP contribution in [0, 0.1) is 5.92 Å². The molecule has 1 amide bonds. The van der Waals surface area contributed by atoms with Gasteiger partial charge >= 0.3 is 5.97 Å². The van der Waals surface area contributed by atoms with Gasteiger partial charge in [0.1, 0.15) is 5.82 Å². The first kappa shape index (κ1) is 31.6. The molecule has 2 aliphatic rings. The molecule has 1 unspecified atom stereocenters. The van der Waals surface area contributed by atoms with Crippen LogP contribution in [0.4, 0.5) is 0 Å². The molecule has 0 saturated carbocycles. The molecule has 2 aromatic rings. The van der Waals surface area contributed by atoms with Crippen LogP contribution in [0.1, 0.15) is 56.3 Å². The Labute approximate surface area is 249 Å². The zero-order chi connectivity index (χ0) is 30.2. The third-order valence-electron chi connectivity index (χ3n) is 8.48. The van der Waals surface area contributed by atoms with Crippen molar-refractivity contribution in [2.75, 3.05) is 60.7 Å². The third-order valence-corrected chi connectivity index (χ3v) is 8.48. The van der Waals surface area contributed by atoms with E-state index in [1.165, 1.54) is 0 Å². The van der Waals surface area contributed by atoms with Gasteiger partial charge in [0.15, 0.2) is 11.5 Å². The molecule has 232 valence electrons. The van der Waals surface area contributed by atoms with Crippen molar-refractivity contribution in [1.29, 1.82) is 0 Å². The van der Waals surface area contributed by atoms with Crippen LogP contribution in [0.2, 0.25) is 0 Å². The predicted octanol–water partition coefficient (Wildman–Crippen LogP) is 3.23. The molecule has 42 heavy (non-hydrogen) atoms. The minimum Gasteiger partial charge on any atom is -0.493 e. The predicted molar refractivity (Wildman–Crippen MR) is 159 cm³/mol. The van der Waals surface area contributed by atoms with Gasteiger partial charge in [-0.2, -0.15) is 0 Å². The summed E-state index contributed by atoms with van der Waals surface area (Å²) < 4.78 is 18.8. The van der Waals surface area contributed by atoms with Gasteiger partial charge in [-0.1, -0.05) is 13.3 Å². The number of amides is 1. The minimum atomic E-state index is -0.872. The molecule has 11 nitrogen and oxygen atoms in total. The molecule has 1 fully saturated rings. The summed E-state index contributed by atoms with van der Waals surface area (Å²) in [5.41, 5.74) is 0.812. The summed E-state index contributed by atoms with van der Waals surface area (Å²) in [5.74, 6) is 0.616. The first-order valence-corrected chi connectivity index (χ1v) is 15.1. The van der Waals surface area contributed by atoms with Crippen molar-refractivity contribution >= 4 is 11.9 Å². The van der Waals surface area contributed by atoms with E-state index in [2.05, 4.69) is 35.8 Å². The second-order valence-corrected chi connectivity index (χ2v) is 11.7. The topological polar surface area (TPSA) is 110 Å². The summed E-state index contributed by atoms with van der Waals surface area (Å²) >= 11 is 0. The minimum absolute atomic E-state index is 0.0587. The van der Waals surface area contributed by atoms with Gasteiger partial charge in [-0.25, -0.2) is 4.98 Å². The van der Waals surface area contributed by atoms with Crippen LogP contribution in [0.15, 0.2) is 24.5 Å². The molecule has 3 heterocycles. The Bertz CT molecular complexity index is 1200. The lowest BCUT2D eigenvalue weighted by molar-refractivity contribution is -0.143. The van der Waals surface area contributed by atoms with Crippen molar-refractivity contribution in [3.8, 4) is 17.2 Å². The van der Waals surface area contributed by atoms with Crippen LogP contribution >= 0.6 is 0 Å². The molecule has 0 bridgehead atoms. The Morgan fingerprint density at radius 2 is 1.90 bits per heavy atom. The van der Waals surface area contributed by atoms with E-state index in [9.17, 15) is 14.7 Å². The summed E-state index contributed by atoms with van der Waals surface area (Å²) in [6.07, 6.45) is 8.75. The number of aromatic nitrogens is 2. The number of likely N-dealkylation sites (tertiary alicyclic amines) is 1. The molecular formula is C31H47N5O6. The highest BCUT2D eigenvalue weighted by atomic mass is 16.7. The second kappa shape index (κ2) is 14.7. The number of hydrogen-bond acceptors (Lipinski definition) is 8. The number of carbonyl (C=O) groups excluding carboxylic acids is 1. The summed E-state index contributed by atoms with van der Waals surface area (Å²) in [4.78, 5) is 37.4. The molecule has 0 radical (unpaired) electrons. The highest BCUT2D eigenvalue weighted by Gasteiger charge is 2.47. The normalized spacial score (nSPS) is 19.9. The number of aryl methyl sites for hydroxylation is 2. The van der Waals surface area contributed by atoms with Crippen LogP contribution in [0.5, 0.6) is 17.2 Å². The number of fused-ring (bicyclic) bond motifs is 1. The number of nitrogens with zero attached hydrogens (tertiary/aromatic N) is 5. The molecule has 2 aliphatic heterocycles. The number of aliphatic carboxylic acids is 1. The second-order valence-electron chi connectivity index (χ2n) is 11.7. The molecule has 1 aromatic heterocycles. The fourth-order valence-electron chi connectivity index (χ4n) is 6.18. The van der Waals surface area contributed by atoms with Gasteiger partial charge in [-0.05, 0) is 64.0 Å². The average Bonchev–Trinajstić information content (AvgIpc) is 3.69. The van der Waals surface area contributed by atoms with E-state index >= 15 is 0 Å². The number of rotatable bonds is 16. The van der Waals surface area contributed by atoms with Crippen molar-refractivity contribution in [2.24, 2.45) is 13.0 Å². The van der Waals surface area contributed by atoms with Crippen molar-refractivity contribution in [3.63, 3.8) is 0 Å². The zero-order valence-corrected chi connectivity index (χ0v) is 25.8. The Morgan fingerprint density at radius 3 is 2.57 bits per heavy atom. The number of carboxylic acids is 1. The standard InChI is InChI=1S/C31H47N5O6/c1-6-7-14-35(15-9-8-13-33(2)3)28(37)20-36-19-23(22-17-25(40-5)30-26(18-22)41-21-42-30)29(31(38)39)24(36)10-11-27-32-12-16-34(27)4/h12,16-18,23-24,29H,6-11,13-15,19-21H2,1-5H3,(H,38,39)/t23-,24+,29?/m1/s1. The van der Waals surface area contributed by atoms with Crippen LogP contribution in [-0.4, -0.2) is 108 Å². The summed E-state index contributed by atoms with van der Waals surface area (Å²) in [7, 11) is 7.62. The molecule has 11 heteroatoms. The number of ether oxygens (including phenoxy) is 3. The fourth-order valence-corrected chi connectivity index (χ4v) is 6.18. The number of hydrogen-bond donors (Lipinski definition) is 1. The maximum absolute atomic E-state index is 13.8. The lowest BCUT2D eigenvalue weighted by atomic mass is 9.83. The lowest BCUT2D eigenvalue weighted by Gasteiger charge is -2.30. The first-order chi connectivity index (χ1) is 20.2. The highest BCUT2D eigenvalue weighted by molar-refractivity contribution is 5.79. The SMILES string of the molecule is CCCCN(CCCCN(C)C)C(=O)CN1C[C@H](c2cc(OC)c3c(c2)OCO3)C(C(=O)O)[C@@H]1CCc1nccn1C. The van der Waals surface area contributed by atoms with Crippen molar-refractivity contribution in [2.45, 2.75) is 57.4 Å². The van der Waals surface area contributed by atoms with E-state index in [-0.39, 0.29) is 31.2 Å². The van der Waals surface area contributed by atoms with Crippen LogP contribution in [-0.2, 0) is 23.1 Å². The third kappa shape index (κ3) is 7.55. The van der Waals surface area contributed by atoms with E-state index in [0.29, 0.717) is 49.7 Å². The molecule has 3 atom stereocenters. The van der Waals surface area contributed by atoms with E-state index < -0.39 is 11.9 Å². The maximum Gasteiger partial charge on any atom is 0.308 e. The number of benzene rings is 1. The van der Waals surface area contributed by atoms with E-state index in [1.807, 2.05) is 34.8 Å². The van der Waals surface area contributed by atoms with Gasteiger partial charge in [0.25, 0.3) is 0 Å². The van der Waals surface area contributed by atoms with E-state index in [1.54, 1.807) is 13.3 Å². The van der Waals surface area contributed by atoms with E-state index in [0.717, 1.165) is 43.6 Å². The number of unbranched alkanes of at least 4 members (excludes halogenated alkanes) is 2. The number of methoxy groups -OCH3 is 1. The lowest BCUT2D eigenvalue weighted by Crippen LogP contribution is -2.45.